The van der Waals surface area contributed by atoms with Gasteiger partial charge in [-0.3, -0.25) is 5.32 Å². The molecule has 2 aromatic rings. The number of ether oxygens (including phenoxy) is 3. The minimum Gasteiger partial charge on any atom is -0.444 e. The summed E-state index contributed by atoms with van der Waals surface area (Å²) in [6, 6.07) is 9.99. The van der Waals surface area contributed by atoms with E-state index in [1.165, 1.54) is 12.1 Å². The van der Waals surface area contributed by atoms with Crippen LogP contribution in [-0.4, -0.2) is 43.8 Å². The Labute approximate surface area is 200 Å². The van der Waals surface area contributed by atoms with Gasteiger partial charge in [0, 0.05) is 30.9 Å². The van der Waals surface area contributed by atoms with Crippen LogP contribution in [0.3, 0.4) is 0 Å². The zero-order valence-corrected chi connectivity index (χ0v) is 20.1. The van der Waals surface area contributed by atoms with E-state index in [1.54, 1.807) is 32.9 Å². The molecule has 34 heavy (non-hydrogen) atoms. The molecule has 2 fully saturated rings. The number of rotatable bonds is 5. The first-order valence-corrected chi connectivity index (χ1v) is 11.9. The highest BCUT2D eigenvalue weighted by Gasteiger charge is 2.29. The molecule has 1 amide bonds. The van der Waals surface area contributed by atoms with Crippen LogP contribution < -0.4 is 16.0 Å². The first kappa shape index (κ1) is 24.3. The van der Waals surface area contributed by atoms with Gasteiger partial charge in [0.25, 0.3) is 0 Å². The molecule has 2 aliphatic heterocycles. The molecule has 1 unspecified atom stereocenters. The molecular weight excluding hydrogens is 437 g/mol. The highest BCUT2D eigenvalue weighted by Crippen LogP contribution is 2.39. The number of nitrogens with one attached hydrogen (secondary N) is 1. The number of nitrogens with zero attached hydrogens (tertiary/aromatic N) is 1. The number of carbonyl (C=O) groups excluding carboxylic acids is 1. The van der Waals surface area contributed by atoms with Gasteiger partial charge in [-0.25, -0.2) is 9.18 Å². The molecule has 0 bridgehead atoms. The van der Waals surface area contributed by atoms with E-state index >= 15 is 0 Å². The van der Waals surface area contributed by atoms with Gasteiger partial charge in [-0.05, 0) is 76.3 Å². The van der Waals surface area contributed by atoms with Gasteiger partial charge in [0.2, 0.25) is 0 Å². The Morgan fingerprint density at radius 1 is 1.18 bits per heavy atom. The summed E-state index contributed by atoms with van der Waals surface area (Å²) in [5, 5.41) is 2.77. The Kier molecular flexibility index (Phi) is 7.28. The highest BCUT2D eigenvalue weighted by molar-refractivity contribution is 5.94. The molecular formula is C26H34FN3O4. The molecule has 2 atom stereocenters. The summed E-state index contributed by atoms with van der Waals surface area (Å²) in [6.45, 7) is 7.62. The van der Waals surface area contributed by atoms with Gasteiger partial charge in [-0.2, -0.15) is 0 Å². The number of amides is 1. The lowest BCUT2D eigenvalue weighted by Gasteiger charge is -2.27. The second kappa shape index (κ2) is 10.2. The molecule has 2 aromatic carbocycles. The van der Waals surface area contributed by atoms with Crippen molar-refractivity contribution < 1.29 is 23.4 Å². The molecule has 8 heteroatoms. The molecule has 0 aromatic heterocycles. The molecule has 184 valence electrons. The molecule has 0 radical (unpaired) electrons. The number of carbonyl (C=O) groups is 1. The van der Waals surface area contributed by atoms with Crippen molar-refractivity contribution in [3.63, 3.8) is 0 Å². The molecule has 2 saturated heterocycles. The van der Waals surface area contributed by atoms with Gasteiger partial charge in [-0.1, -0.05) is 12.1 Å². The quantitative estimate of drug-likeness (QED) is 0.557. The predicted molar refractivity (Wildman–Crippen MR) is 131 cm³/mol. The summed E-state index contributed by atoms with van der Waals surface area (Å²) >= 11 is 0. The minimum absolute atomic E-state index is 0.0454. The lowest BCUT2D eigenvalue weighted by Crippen LogP contribution is -2.30. The average Bonchev–Trinajstić information content (AvgIpc) is 3.23. The molecule has 0 spiro atoms. The molecule has 2 heterocycles. The van der Waals surface area contributed by atoms with Crippen LogP contribution in [0.5, 0.6) is 0 Å². The van der Waals surface area contributed by atoms with Gasteiger partial charge >= 0.3 is 6.09 Å². The van der Waals surface area contributed by atoms with Crippen molar-refractivity contribution in [2.45, 2.75) is 64.4 Å². The number of hydrogen-bond donors (Lipinski definition) is 2. The van der Waals surface area contributed by atoms with E-state index in [1.807, 2.05) is 12.1 Å². The fraction of sp³-hybridized carbons (Fsp3) is 0.500. The SMILES string of the molecule is CC(C)(C)OC(=O)Nc1cc(N2CC[C@@H](OC3CCCCO3)C2)c(-c2ccc(F)cc2)cc1N. The number of benzene rings is 2. The number of hydrogen-bond acceptors (Lipinski definition) is 6. The highest BCUT2D eigenvalue weighted by atomic mass is 19.1. The van der Waals surface area contributed by atoms with Crippen molar-refractivity contribution >= 4 is 23.2 Å². The largest absolute Gasteiger partial charge is 0.444 e. The number of anilines is 3. The van der Waals surface area contributed by atoms with Crippen molar-refractivity contribution in [1.29, 1.82) is 0 Å². The van der Waals surface area contributed by atoms with Crippen LogP contribution in [0.4, 0.5) is 26.2 Å². The summed E-state index contributed by atoms with van der Waals surface area (Å²) < 4.78 is 30.9. The van der Waals surface area contributed by atoms with Gasteiger partial charge in [0.05, 0.1) is 17.5 Å². The van der Waals surface area contributed by atoms with Gasteiger partial charge in [-0.15, -0.1) is 0 Å². The Hall–Kier alpha value is -2.84. The van der Waals surface area contributed by atoms with Gasteiger partial charge in [0.1, 0.15) is 11.4 Å². The van der Waals surface area contributed by atoms with Crippen LogP contribution in [0.15, 0.2) is 36.4 Å². The molecule has 0 aliphatic carbocycles. The first-order valence-electron chi connectivity index (χ1n) is 11.9. The third kappa shape index (κ3) is 6.18. The lowest BCUT2D eigenvalue weighted by atomic mass is 10.0. The van der Waals surface area contributed by atoms with E-state index in [-0.39, 0.29) is 18.2 Å². The Morgan fingerprint density at radius 3 is 2.62 bits per heavy atom. The number of halogens is 1. The summed E-state index contributed by atoms with van der Waals surface area (Å²) in [6.07, 6.45) is 3.31. The standard InChI is InChI=1S/C26H34FN3O4/c1-26(2,3)34-25(31)29-22-15-23(20(14-21(22)28)17-7-9-18(27)10-8-17)30-12-11-19(16-30)33-24-6-4-5-13-32-24/h7-10,14-15,19,24H,4-6,11-13,16,28H2,1-3H3,(H,29,31)/t19-,24?/m1/s1. The van der Waals surface area contributed by atoms with E-state index in [9.17, 15) is 9.18 Å². The minimum atomic E-state index is -0.629. The first-order chi connectivity index (χ1) is 16.2. The van der Waals surface area contributed by atoms with Gasteiger partial charge in [0.15, 0.2) is 6.29 Å². The fourth-order valence-electron chi connectivity index (χ4n) is 4.34. The lowest BCUT2D eigenvalue weighted by molar-refractivity contribution is -0.183. The van der Waals surface area contributed by atoms with Crippen LogP contribution in [-0.2, 0) is 14.2 Å². The van der Waals surface area contributed by atoms with E-state index in [2.05, 4.69) is 10.2 Å². The Morgan fingerprint density at radius 2 is 1.94 bits per heavy atom. The predicted octanol–water partition coefficient (Wildman–Crippen LogP) is 5.54. The van der Waals surface area contributed by atoms with Crippen LogP contribution in [0, 0.1) is 5.82 Å². The van der Waals surface area contributed by atoms with Gasteiger partial charge < -0.3 is 24.8 Å². The monoisotopic (exact) mass is 471 g/mol. The zero-order valence-electron chi connectivity index (χ0n) is 20.1. The normalized spacial score (nSPS) is 20.9. The van der Waals surface area contributed by atoms with Crippen molar-refractivity contribution in [2.75, 3.05) is 35.6 Å². The maximum absolute atomic E-state index is 13.6. The van der Waals surface area contributed by atoms with Crippen LogP contribution >= 0.6 is 0 Å². The summed E-state index contributed by atoms with van der Waals surface area (Å²) in [5.41, 5.74) is 9.15. The van der Waals surface area contributed by atoms with Crippen molar-refractivity contribution in [2.24, 2.45) is 0 Å². The maximum Gasteiger partial charge on any atom is 0.412 e. The van der Waals surface area contributed by atoms with Crippen LogP contribution in [0.2, 0.25) is 0 Å². The van der Waals surface area contributed by atoms with E-state index in [0.717, 1.165) is 55.6 Å². The van der Waals surface area contributed by atoms with Crippen LogP contribution in [0.1, 0.15) is 46.5 Å². The molecule has 4 rings (SSSR count). The molecule has 2 aliphatic rings. The summed E-state index contributed by atoms with van der Waals surface area (Å²) in [7, 11) is 0. The van der Waals surface area contributed by atoms with Crippen molar-refractivity contribution in [3.05, 3.63) is 42.2 Å². The Bertz CT molecular complexity index is 1000. The third-order valence-corrected chi connectivity index (χ3v) is 5.93. The zero-order chi connectivity index (χ0) is 24.3. The number of nitrogens with two attached hydrogens (primary N) is 1. The van der Waals surface area contributed by atoms with Crippen LogP contribution in [0.25, 0.3) is 11.1 Å². The molecule has 0 saturated carbocycles. The molecule has 3 N–H and O–H groups in total. The molecule has 7 nitrogen and oxygen atoms in total. The van der Waals surface area contributed by atoms with Crippen molar-refractivity contribution in [3.8, 4) is 11.1 Å². The second-order valence-electron chi connectivity index (χ2n) is 9.88. The van der Waals surface area contributed by atoms with E-state index < -0.39 is 11.7 Å². The number of nitrogen functional groups attached to an aromatic ring is 1. The topological polar surface area (TPSA) is 86.0 Å². The fourth-order valence-corrected chi connectivity index (χ4v) is 4.34. The maximum atomic E-state index is 13.6. The smallest absolute Gasteiger partial charge is 0.412 e. The second-order valence-corrected chi connectivity index (χ2v) is 9.88. The Balaban J connectivity index is 1.60. The van der Waals surface area contributed by atoms with E-state index in [0.29, 0.717) is 17.9 Å². The summed E-state index contributed by atoms with van der Waals surface area (Å²) in [5.74, 6) is -0.302. The van der Waals surface area contributed by atoms with E-state index in [4.69, 9.17) is 19.9 Å². The summed E-state index contributed by atoms with van der Waals surface area (Å²) in [4.78, 5) is 14.6. The third-order valence-electron chi connectivity index (χ3n) is 5.93. The van der Waals surface area contributed by atoms with Crippen molar-refractivity contribution in [1.82, 2.24) is 0 Å². The average molecular weight is 472 g/mol.